The first-order valence-corrected chi connectivity index (χ1v) is 8.17. The molecule has 1 aliphatic heterocycles. The lowest BCUT2D eigenvalue weighted by atomic mass is 9.90. The molecule has 2 aromatic rings. The second-order valence-electron chi connectivity index (χ2n) is 5.71. The van der Waals surface area contributed by atoms with E-state index in [9.17, 15) is 5.11 Å². The van der Waals surface area contributed by atoms with Gasteiger partial charge < -0.3 is 10.8 Å². The van der Waals surface area contributed by atoms with Crippen LogP contribution in [0.3, 0.4) is 0 Å². The number of pyridine rings is 1. The van der Waals surface area contributed by atoms with Crippen LogP contribution >= 0.6 is 11.3 Å². The van der Waals surface area contributed by atoms with Crippen LogP contribution < -0.4 is 5.73 Å². The maximum atomic E-state index is 10.5. The summed E-state index contributed by atoms with van der Waals surface area (Å²) in [5.41, 5.74) is 8.24. The van der Waals surface area contributed by atoms with Gasteiger partial charge in [0, 0.05) is 35.6 Å². The Morgan fingerprint density at radius 3 is 3.00 bits per heavy atom. The number of aliphatic hydroxyl groups excluding tert-OH is 1. The maximum absolute atomic E-state index is 10.5. The van der Waals surface area contributed by atoms with Crippen molar-refractivity contribution in [1.82, 2.24) is 9.88 Å². The first-order chi connectivity index (χ1) is 10.1. The van der Waals surface area contributed by atoms with Crippen LogP contribution in [0.25, 0.3) is 0 Å². The summed E-state index contributed by atoms with van der Waals surface area (Å²) >= 11 is 1.76. The van der Waals surface area contributed by atoms with Crippen molar-refractivity contribution in [2.75, 3.05) is 18.8 Å². The van der Waals surface area contributed by atoms with E-state index in [1.54, 1.807) is 17.5 Å². The molecule has 0 aromatic carbocycles. The molecule has 112 valence electrons. The highest BCUT2D eigenvalue weighted by Crippen LogP contribution is 2.34. The topological polar surface area (TPSA) is 62.4 Å². The number of anilines is 1. The average molecular weight is 303 g/mol. The normalized spacial score (nSPS) is 23.3. The fraction of sp³-hybridized carbons (Fsp3) is 0.438. The molecule has 0 radical (unpaired) electrons. The standard InChI is InChI=1S/C16H21N3OS/c1-11-5-8-21-15(11)13-4-7-19(10-14(13)20)9-12-3-2-6-18-16(12)17/h2-3,5-6,8,13-14,20H,4,7,9-10H2,1H3,(H2,17,18)/t13-,14-/m0/s1. The number of rotatable bonds is 3. The van der Waals surface area contributed by atoms with Crippen molar-refractivity contribution in [2.45, 2.75) is 31.9 Å². The third-order valence-electron chi connectivity index (χ3n) is 4.22. The van der Waals surface area contributed by atoms with Gasteiger partial charge >= 0.3 is 0 Å². The van der Waals surface area contributed by atoms with Crippen LogP contribution in [0.15, 0.2) is 29.8 Å². The van der Waals surface area contributed by atoms with Gasteiger partial charge in [-0.2, -0.15) is 0 Å². The molecule has 0 spiro atoms. The number of thiophene rings is 1. The minimum atomic E-state index is -0.311. The number of nitrogens with two attached hydrogens (primary N) is 1. The highest BCUT2D eigenvalue weighted by Gasteiger charge is 2.30. The molecule has 1 fully saturated rings. The Labute approximate surface area is 129 Å². The number of nitrogen functional groups attached to an aromatic ring is 1. The Hall–Kier alpha value is -1.43. The maximum Gasteiger partial charge on any atom is 0.127 e. The summed E-state index contributed by atoms with van der Waals surface area (Å²) in [6, 6.07) is 6.05. The monoisotopic (exact) mass is 303 g/mol. The van der Waals surface area contributed by atoms with Crippen LogP contribution in [0, 0.1) is 6.92 Å². The van der Waals surface area contributed by atoms with Gasteiger partial charge in [-0.3, -0.25) is 4.90 Å². The van der Waals surface area contributed by atoms with Crippen molar-refractivity contribution >= 4 is 17.2 Å². The van der Waals surface area contributed by atoms with Crippen LogP contribution in [0.5, 0.6) is 0 Å². The van der Waals surface area contributed by atoms with E-state index in [1.807, 2.05) is 12.1 Å². The van der Waals surface area contributed by atoms with Crippen molar-refractivity contribution < 1.29 is 5.11 Å². The first-order valence-electron chi connectivity index (χ1n) is 7.29. The second-order valence-corrected chi connectivity index (χ2v) is 6.66. The van der Waals surface area contributed by atoms with Crippen LogP contribution in [-0.2, 0) is 6.54 Å². The van der Waals surface area contributed by atoms with Gasteiger partial charge in [-0.05, 0) is 43.0 Å². The minimum Gasteiger partial charge on any atom is -0.391 e. The molecule has 0 amide bonds. The molecule has 0 unspecified atom stereocenters. The van der Waals surface area contributed by atoms with Crippen molar-refractivity contribution in [3.63, 3.8) is 0 Å². The zero-order valence-corrected chi connectivity index (χ0v) is 13.0. The number of aromatic nitrogens is 1. The molecule has 3 heterocycles. The molecule has 4 nitrogen and oxygen atoms in total. The number of likely N-dealkylation sites (tertiary alicyclic amines) is 1. The molecule has 0 aliphatic carbocycles. The summed E-state index contributed by atoms with van der Waals surface area (Å²) in [6.07, 6.45) is 2.39. The molecule has 1 aliphatic rings. The number of hydrogen-bond acceptors (Lipinski definition) is 5. The Morgan fingerprint density at radius 1 is 1.48 bits per heavy atom. The van der Waals surface area contributed by atoms with Gasteiger partial charge in [0.05, 0.1) is 6.10 Å². The number of β-amino-alcohol motifs (C(OH)–C–C–N with tert-alkyl or cyclic N) is 1. The summed E-state index contributed by atoms with van der Waals surface area (Å²) in [5, 5.41) is 12.6. The van der Waals surface area contributed by atoms with E-state index in [4.69, 9.17) is 5.73 Å². The Kier molecular flexibility index (Phi) is 4.24. The van der Waals surface area contributed by atoms with Crippen molar-refractivity contribution in [3.05, 3.63) is 45.8 Å². The van der Waals surface area contributed by atoms with Gasteiger partial charge in [0.2, 0.25) is 0 Å². The first kappa shape index (κ1) is 14.5. The van der Waals surface area contributed by atoms with E-state index in [0.717, 1.165) is 25.1 Å². The highest BCUT2D eigenvalue weighted by atomic mass is 32.1. The van der Waals surface area contributed by atoms with Gasteiger partial charge in [-0.15, -0.1) is 11.3 Å². The Bertz CT molecular complexity index is 613. The van der Waals surface area contributed by atoms with Crippen molar-refractivity contribution in [2.24, 2.45) is 0 Å². The van der Waals surface area contributed by atoms with Crippen LogP contribution in [0.4, 0.5) is 5.82 Å². The van der Waals surface area contributed by atoms with Crippen molar-refractivity contribution in [1.29, 1.82) is 0 Å². The summed E-state index contributed by atoms with van der Waals surface area (Å²) in [7, 11) is 0. The summed E-state index contributed by atoms with van der Waals surface area (Å²) in [6.45, 7) is 4.55. The molecular weight excluding hydrogens is 282 g/mol. The van der Waals surface area contributed by atoms with E-state index in [-0.39, 0.29) is 12.0 Å². The predicted octanol–water partition coefficient (Wildman–Crippen LogP) is 2.38. The lowest BCUT2D eigenvalue weighted by Crippen LogP contribution is -2.42. The molecule has 3 N–H and O–H groups in total. The lowest BCUT2D eigenvalue weighted by molar-refractivity contribution is 0.0486. The van der Waals surface area contributed by atoms with Gasteiger partial charge in [-0.1, -0.05) is 6.07 Å². The summed E-state index contributed by atoms with van der Waals surface area (Å²) < 4.78 is 0. The molecule has 0 bridgehead atoms. The highest BCUT2D eigenvalue weighted by molar-refractivity contribution is 7.10. The van der Waals surface area contributed by atoms with E-state index >= 15 is 0 Å². The Balaban J connectivity index is 1.66. The summed E-state index contributed by atoms with van der Waals surface area (Å²) in [5.74, 6) is 0.857. The number of aliphatic hydroxyl groups is 1. The number of hydrogen-bond donors (Lipinski definition) is 2. The van der Waals surface area contributed by atoms with E-state index in [0.29, 0.717) is 12.4 Å². The fourth-order valence-electron chi connectivity index (χ4n) is 3.04. The molecule has 2 atom stereocenters. The van der Waals surface area contributed by atoms with Crippen molar-refractivity contribution in [3.8, 4) is 0 Å². The number of aryl methyl sites for hydroxylation is 1. The van der Waals surface area contributed by atoms with Gasteiger partial charge in [0.15, 0.2) is 0 Å². The average Bonchev–Trinajstić information content (AvgIpc) is 2.88. The molecule has 0 saturated carbocycles. The Morgan fingerprint density at radius 2 is 2.33 bits per heavy atom. The molecule has 2 aromatic heterocycles. The minimum absolute atomic E-state index is 0.271. The molecule has 21 heavy (non-hydrogen) atoms. The lowest BCUT2D eigenvalue weighted by Gasteiger charge is -2.36. The number of piperidine rings is 1. The zero-order chi connectivity index (χ0) is 14.8. The largest absolute Gasteiger partial charge is 0.391 e. The predicted molar refractivity (Wildman–Crippen MR) is 86.3 cm³/mol. The fourth-order valence-corrected chi connectivity index (χ4v) is 4.16. The smallest absolute Gasteiger partial charge is 0.127 e. The van der Waals surface area contributed by atoms with Crippen LogP contribution in [0.2, 0.25) is 0 Å². The molecule has 1 saturated heterocycles. The SMILES string of the molecule is Cc1ccsc1[C@H]1CCN(Cc2cccnc2N)C[C@@H]1O. The summed E-state index contributed by atoms with van der Waals surface area (Å²) in [4.78, 5) is 7.72. The molecule has 5 heteroatoms. The third kappa shape index (κ3) is 3.10. The van der Waals surface area contributed by atoms with Gasteiger partial charge in [0.1, 0.15) is 5.82 Å². The quantitative estimate of drug-likeness (QED) is 0.914. The van der Waals surface area contributed by atoms with Crippen LogP contribution in [-0.4, -0.2) is 34.2 Å². The van der Waals surface area contributed by atoms with E-state index in [1.165, 1.54) is 10.4 Å². The van der Waals surface area contributed by atoms with Crippen LogP contribution in [0.1, 0.15) is 28.3 Å². The van der Waals surface area contributed by atoms with Gasteiger partial charge in [0.25, 0.3) is 0 Å². The van der Waals surface area contributed by atoms with E-state index < -0.39 is 0 Å². The second kappa shape index (κ2) is 6.13. The molecular formula is C16H21N3OS. The molecule has 3 rings (SSSR count). The van der Waals surface area contributed by atoms with Gasteiger partial charge in [-0.25, -0.2) is 4.98 Å². The number of nitrogens with zero attached hydrogens (tertiary/aromatic N) is 2. The third-order valence-corrected chi connectivity index (χ3v) is 5.38. The van der Waals surface area contributed by atoms with E-state index in [2.05, 4.69) is 28.3 Å². The zero-order valence-electron chi connectivity index (χ0n) is 12.2.